The highest BCUT2D eigenvalue weighted by molar-refractivity contribution is 7.90. The van der Waals surface area contributed by atoms with E-state index in [0.717, 1.165) is 10.8 Å². The van der Waals surface area contributed by atoms with E-state index in [9.17, 15) is 40.8 Å². The van der Waals surface area contributed by atoms with E-state index < -0.39 is 68.0 Å². The minimum atomic E-state index is -4.69. The van der Waals surface area contributed by atoms with Crippen LogP contribution in [0.3, 0.4) is 0 Å². The van der Waals surface area contributed by atoms with Crippen molar-refractivity contribution < 1.29 is 36.0 Å². The second kappa shape index (κ2) is 12.2. The van der Waals surface area contributed by atoms with Gasteiger partial charge in [0.05, 0.1) is 21.7 Å². The zero-order valence-corrected chi connectivity index (χ0v) is 23.7. The molecule has 1 heterocycles. The van der Waals surface area contributed by atoms with Crippen molar-refractivity contribution >= 4 is 51.0 Å². The first kappa shape index (κ1) is 32.1. The summed E-state index contributed by atoms with van der Waals surface area (Å²) in [6, 6.07) is 7.04. The molecule has 17 heteroatoms. The van der Waals surface area contributed by atoms with Crippen molar-refractivity contribution in [3.05, 3.63) is 81.4 Å². The number of para-hydroxylation sites is 1. The van der Waals surface area contributed by atoms with Gasteiger partial charge in [0.15, 0.2) is 0 Å². The molecule has 0 atom stereocenters. The van der Waals surface area contributed by atoms with E-state index in [1.807, 2.05) is 0 Å². The van der Waals surface area contributed by atoms with Gasteiger partial charge in [-0.15, -0.1) is 0 Å². The topological polar surface area (TPSA) is 168 Å². The summed E-state index contributed by atoms with van der Waals surface area (Å²) in [4.78, 5) is 53.7. The van der Waals surface area contributed by atoms with Crippen LogP contribution in [0.1, 0.15) is 36.7 Å². The van der Waals surface area contributed by atoms with Crippen LogP contribution in [0.25, 0.3) is 0 Å². The lowest BCUT2D eigenvalue weighted by atomic mass is 10.1. The Hall–Kier alpha value is -4.44. The van der Waals surface area contributed by atoms with Crippen molar-refractivity contribution in [2.45, 2.75) is 43.9 Å². The molecule has 0 bridgehead atoms. The first-order valence-electron chi connectivity index (χ1n) is 11.9. The molecule has 3 rings (SSSR count). The number of anilines is 2. The molecule has 3 aromatic rings. The molecule has 0 saturated heterocycles. The number of hydrogen-bond acceptors (Lipinski definition) is 7. The molecule has 12 nitrogen and oxygen atoms in total. The number of rotatable bonds is 7. The third kappa shape index (κ3) is 8.53. The molecule has 4 amide bonds. The smallest absolute Gasteiger partial charge is 0.333 e. The number of nitrogens with one attached hydrogen (secondary N) is 4. The highest BCUT2D eigenvalue weighted by atomic mass is 35.5. The van der Waals surface area contributed by atoms with Gasteiger partial charge in [0.25, 0.3) is 21.5 Å². The van der Waals surface area contributed by atoms with E-state index >= 15 is 0 Å². The van der Waals surface area contributed by atoms with Gasteiger partial charge >= 0.3 is 12.2 Å². The lowest BCUT2D eigenvalue weighted by molar-refractivity contribution is -0.137. The SMILES string of the molecule is CC(C)(C)NC(=O)Nc1nc(Cl)cn(CC(=O)Nc2ccccc2C(=O)NS(=O)(=O)c2ccc(C(F)(F)F)cc2)c1=O. The first-order chi connectivity index (χ1) is 19.4. The van der Waals surface area contributed by atoms with E-state index in [1.54, 1.807) is 25.5 Å². The number of carbonyl (C=O) groups excluding carboxylic acids is 3. The monoisotopic (exact) mass is 628 g/mol. The fraction of sp³-hybridized carbons (Fsp3) is 0.240. The Kier molecular flexibility index (Phi) is 9.32. The third-order valence-electron chi connectivity index (χ3n) is 5.14. The quantitative estimate of drug-likeness (QED) is 0.310. The van der Waals surface area contributed by atoms with Crippen LogP contribution in [0.2, 0.25) is 5.15 Å². The number of halogens is 4. The molecule has 0 aliphatic carbocycles. The zero-order chi connectivity index (χ0) is 31.5. The van der Waals surface area contributed by atoms with Crippen molar-refractivity contribution in [2.24, 2.45) is 0 Å². The molecular weight excluding hydrogens is 605 g/mol. The number of benzene rings is 2. The molecule has 1 aromatic heterocycles. The Labute approximate surface area is 242 Å². The van der Waals surface area contributed by atoms with Gasteiger partial charge in [-0.05, 0) is 57.2 Å². The molecule has 224 valence electrons. The van der Waals surface area contributed by atoms with Gasteiger partial charge in [0.2, 0.25) is 11.7 Å². The predicted molar refractivity (Wildman–Crippen MR) is 147 cm³/mol. The van der Waals surface area contributed by atoms with E-state index in [4.69, 9.17) is 11.6 Å². The van der Waals surface area contributed by atoms with Gasteiger partial charge in [-0.1, -0.05) is 23.7 Å². The summed E-state index contributed by atoms with van der Waals surface area (Å²) in [7, 11) is -4.59. The normalized spacial score (nSPS) is 11.9. The van der Waals surface area contributed by atoms with E-state index in [1.165, 1.54) is 24.3 Å². The molecule has 4 N–H and O–H groups in total. The summed E-state index contributed by atoms with van der Waals surface area (Å²) in [6.45, 7) is 4.49. The summed E-state index contributed by atoms with van der Waals surface area (Å²) in [6.07, 6.45) is -3.64. The number of aromatic nitrogens is 2. The van der Waals surface area contributed by atoms with Gasteiger partial charge in [-0.2, -0.15) is 13.2 Å². The minimum absolute atomic E-state index is 0.140. The Morgan fingerprint density at radius 3 is 2.19 bits per heavy atom. The van der Waals surface area contributed by atoms with Crippen LogP contribution >= 0.6 is 11.6 Å². The van der Waals surface area contributed by atoms with Crippen molar-refractivity contribution in [2.75, 3.05) is 10.6 Å². The maximum atomic E-state index is 12.8. The Morgan fingerprint density at radius 1 is 0.976 bits per heavy atom. The van der Waals surface area contributed by atoms with Crippen molar-refractivity contribution in [1.82, 2.24) is 19.6 Å². The van der Waals surface area contributed by atoms with Crippen molar-refractivity contribution in [3.63, 3.8) is 0 Å². The zero-order valence-electron chi connectivity index (χ0n) is 22.2. The molecule has 0 saturated carbocycles. The number of amides is 4. The molecule has 0 radical (unpaired) electrons. The molecule has 0 unspecified atom stereocenters. The fourth-order valence-electron chi connectivity index (χ4n) is 3.38. The van der Waals surface area contributed by atoms with Gasteiger partial charge in [0, 0.05) is 11.7 Å². The maximum absolute atomic E-state index is 12.8. The van der Waals surface area contributed by atoms with E-state index in [0.29, 0.717) is 24.3 Å². The number of urea groups is 1. The largest absolute Gasteiger partial charge is 0.416 e. The fourth-order valence-corrected chi connectivity index (χ4v) is 4.55. The first-order valence-corrected chi connectivity index (χ1v) is 13.7. The Morgan fingerprint density at radius 2 is 1.60 bits per heavy atom. The standard InChI is InChI=1S/C25H24ClF3N6O6S/c1-24(2,3)33-23(39)32-20-22(38)35(12-18(26)31-20)13-19(36)30-17-7-5-4-6-16(17)21(37)34-42(40,41)15-10-8-14(9-11-15)25(27,28)29/h4-12H,13H2,1-3H3,(H,30,36)(H,34,37)(H2,31,32,33,39). The minimum Gasteiger partial charge on any atom is -0.333 e. The van der Waals surface area contributed by atoms with Gasteiger partial charge < -0.3 is 10.6 Å². The van der Waals surface area contributed by atoms with E-state index in [2.05, 4.69) is 20.9 Å². The molecule has 0 spiro atoms. The van der Waals surface area contributed by atoms with Crippen molar-refractivity contribution in [3.8, 4) is 0 Å². The number of nitrogens with zero attached hydrogens (tertiary/aromatic N) is 2. The lowest BCUT2D eigenvalue weighted by Gasteiger charge is -2.20. The number of hydrogen-bond donors (Lipinski definition) is 4. The van der Waals surface area contributed by atoms with Crippen LogP contribution in [0.15, 0.2) is 64.4 Å². The lowest BCUT2D eigenvalue weighted by Crippen LogP contribution is -2.44. The average Bonchev–Trinajstić information content (AvgIpc) is 2.85. The van der Waals surface area contributed by atoms with Crippen LogP contribution in [0.5, 0.6) is 0 Å². The van der Waals surface area contributed by atoms with Crippen LogP contribution < -0.4 is 26.2 Å². The molecule has 2 aromatic carbocycles. The second-order valence-electron chi connectivity index (χ2n) is 9.72. The van der Waals surface area contributed by atoms with E-state index in [-0.39, 0.29) is 16.4 Å². The van der Waals surface area contributed by atoms with Crippen LogP contribution in [-0.2, 0) is 27.5 Å². The summed E-state index contributed by atoms with van der Waals surface area (Å²) in [5.74, 6) is -2.48. The van der Waals surface area contributed by atoms with Crippen LogP contribution in [0.4, 0.5) is 29.5 Å². The predicted octanol–water partition coefficient (Wildman–Crippen LogP) is 3.59. The van der Waals surface area contributed by atoms with Gasteiger partial charge in [-0.3, -0.25) is 24.3 Å². The summed E-state index contributed by atoms with van der Waals surface area (Å²) < 4.78 is 66.2. The molecule has 42 heavy (non-hydrogen) atoms. The molecule has 0 aliphatic heterocycles. The third-order valence-corrected chi connectivity index (χ3v) is 6.67. The Bertz CT molecular complexity index is 1690. The summed E-state index contributed by atoms with van der Waals surface area (Å²) >= 11 is 5.95. The van der Waals surface area contributed by atoms with Crippen LogP contribution in [-0.4, -0.2) is 41.4 Å². The van der Waals surface area contributed by atoms with Gasteiger partial charge in [-0.25, -0.2) is 22.9 Å². The Balaban J connectivity index is 1.77. The van der Waals surface area contributed by atoms with Crippen LogP contribution in [0, 0.1) is 0 Å². The van der Waals surface area contributed by atoms with Crippen molar-refractivity contribution in [1.29, 1.82) is 0 Å². The summed E-state index contributed by atoms with van der Waals surface area (Å²) in [5.41, 5.74) is -3.02. The number of sulfonamides is 1. The average molecular weight is 629 g/mol. The highest BCUT2D eigenvalue weighted by Crippen LogP contribution is 2.29. The maximum Gasteiger partial charge on any atom is 0.416 e. The highest BCUT2D eigenvalue weighted by Gasteiger charge is 2.31. The number of carbonyl (C=O) groups is 3. The van der Waals surface area contributed by atoms with Gasteiger partial charge in [0.1, 0.15) is 11.7 Å². The number of alkyl halides is 3. The molecular formula is C25H24ClF3N6O6S. The molecule has 0 fully saturated rings. The molecule has 0 aliphatic rings. The summed E-state index contributed by atoms with van der Waals surface area (Å²) in [5, 5.41) is 7.00. The second-order valence-corrected chi connectivity index (χ2v) is 11.8.